The van der Waals surface area contributed by atoms with Crippen molar-refractivity contribution in [3.05, 3.63) is 53.4 Å². The Morgan fingerprint density at radius 3 is 2.89 bits per heavy atom. The number of pyridine rings is 1. The Balaban J connectivity index is 1.90. The van der Waals surface area contributed by atoms with E-state index in [-0.39, 0.29) is 23.3 Å². The molecule has 0 fully saturated rings. The van der Waals surface area contributed by atoms with Crippen LogP contribution in [0.15, 0.2) is 42.6 Å². The molecule has 2 rings (SSSR count). The monoisotopic (exact) mass is 280 g/mol. The highest BCUT2D eigenvalue weighted by molar-refractivity contribution is 6.32. The Bertz CT molecular complexity index is 578. The maximum absolute atomic E-state index is 12.8. The quantitative estimate of drug-likeness (QED) is 0.937. The van der Waals surface area contributed by atoms with Crippen LogP contribution in [0.1, 0.15) is 0 Å². The molecule has 1 aromatic carbocycles. The average Bonchev–Trinajstić information content (AvgIpc) is 2.39. The van der Waals surface area contributed by atoms with Crippen molar-refractivity contribution in [2.75, 3.05) is 11.9 Å². The van der Waals surface area contributed by atoms with Crippen LogP contribution in [0.4, 0.5) is 10.2 Å². The van der Waals surface area contributed by atoms with Gasteiger partial charge >= 0.3 is 0 Å². The molecule has 0 atom stereocenters. The Labute approximate surface area is 114 Å². The first-order valence-electron chi connectivity index (χ1n) is 5.44. The Morgan fingerprint density at radius 1 is 1.37 bits per heavy atom. The molecule has 6 heteroatoms. The van der Waals surface area contributed by atoms with Crippen LogP contribution >= 0.6 is 11.6 Å². The van der Waals surface area contributed by atoms with E-state index in [1.54, 1.807) is 24.4 Å². The zero-order chi connectivity index (χ0) is 13.7. The van der Waals surface area contributed by atoms with Crippen LogP contribution in [0.2, 0.25) is 5.02 Å². The van der Waals surface area contributed by atoms with Crippen LogP contribution in [0.5, 0.6) is 5.75 Å². The van der Waals surface area contributed by atoms with Gasteiger partial charge in [-0.25, -0.2) is 9.37 Å². The summed E-state index contributed by atoms with van der Waals surface area (Å²) in [5, 5.41) is 2.67. The fourth-order valence-corrected chi connectivity index (χ4v) is 1.57. The van der Waals surface area contributed by atoms with Gasteiger partial charge in [-0.05, 0) is 30.3 Å². The second kappa shape index (κ2) is 6.15. The summed E-state index contributed by atoms with van der Waals surface area (Å²) in [5.74, 6) is -0.157. The largest absolute Gasteiger partial charge is 0.482 e. The van der Waals surface area contributed by atoms with E-state index < -0.39 is 5.82 Å². The zero-order valence-electron chi connectivity index (χ0n) is 9.77. The number of carbonyl (C=O) groups excluding carboxylic acids is 1. The van der Waals surface area contributed by atoms with Crippen LogP contribution in [-0.2, 0) is 4.79 Å². The average molecular weight is 281 g/mol. The second-order valence-corrected chi connectivity index (χ2v) is 4.03. The first-order chi connectivity index (χ1) is 9.15. The van der Waals surface area contributed by atoms with E-state index in [1.165, 1.54) is 12.1 Å². The molecule has 0 spiro atoms. The van der Waals surface area contributed by atoms with Crippen molar-refractivity contribution in [1.29, 1.82) is 0 Å². The van der Waals surface area contributed by atoms with Crippen LogP contribution < -0.4 is 10.1 Å². The normalized spacial score (nSPS) is 10.0. The molecular formula is C13H10ClFN2O2. The molecule has 19 heavy (non-hydrogen) atoms. The number of amides is 1. The topological polar surface area (TPSA) is 51.2 Å². The second-order valence-electron chi connectivity index (χ2n) is 3.63. The third kappa shape index (κ3) is 3.93. The van der Waals surface area contributed by atoms with Gasteiger partial charge in [-0.3, -0.25) is 4.79 Å². The molecule has 1 aromatic heterocycles. The highest BCUT2D eigenvalue weighted by atomic mass is 35.5. The van der Waals surface area contributed by atoms with Gasteiger partial charge in [0, 0.05) is 6.20 Å². The minimum absolute atomic E-state index is 0.116. The maximum atomic E-state index is 12.8. The van der Waals surface area contributed by atoms with E-state index in [2.05, 4.69) is 10.3 Å². The maximum Gasteiger partial charge on any atom is 0.263 e. The first kappa shape index (κ1) is 13.3. The van der Waals surface area contributed by atoms with E-state index >= 15 is 0 Å². The minimum atomic E-state index is -0.463. The Morgan fingerprint density at radius 2 is 2.21 bits per heavy atom. The number of rotatable bonds is 4. The third-order valence-electron chi connectivity index (χ3n) is 2.19. The van der Waals surface area contributed by atoms with E-state index in [0.29, 0.717) is 5.82 Å². The van der Waals surface area contributed by atoms with Crippen LogP contribution in [0.3, 0.4) is 0 Å². The number of ether oxygens (including phenoxy) is 1. The number of halogens is 2. The number of carbonyl (C=O) groups is 1. The van der Waals surface area contributed by atoms with Crippen molar-refractivity contribution < 1.29 is 13.9 Å². The van der Waals surface area contributed by atoms with Gasteiger partial charge in [0.25, 0.3) is 5.91 Å². The van der Waals surface area contributed by atoms with Crippen molar-refractivity contribution in [2.24, 2.45) is 0 Å². The predicted molar refractivity (Wildman–Crippen MR) is 69.8 cm³/mol. The first-order valence-corrected chi connectivity index (χ1v) is 5.81. The van der Waals surface area contributed by atoms with Crippen molar-refractivity contribution in [3.63, 3.8) is 0 Å². The Hall–Kier alpha value is -2.14. The number of hydrogen-bond acceptors (Lipinski definition) is 3. The van der Waals surface area contributed by atoms with E-state index in [4.69, 9.17) is 16.3 Å². The fraction of sp³-hybridized carbons (Fsp3) is 0.0769. The summed E-state index contributed by atoms with van der Waals surface area (Å²) in [5.41, 5.74) is 0. The van der Waals surface area contributed by atoms with Crippen LogP contribution in [-0.4, -0.2) is 17.5 Å². The standard InChI is InChI=1S/C13H10ClFN2O2/c14-10-7-9(15)4-5-11(10)19-8-13(18)17-12-3-1-2-6-16-12/h1-7H,8H2,(H,16,17,18). The molecular weight excluding hydrogens is 271 g/mol. The number of aromatic nitrogens is 1. The lowest BCUT2D eigenvalue weighted by Crippen LogP contribution is -2.20. The van der Waals surface area contributed by atoms with Crippen molar-refractivity contribution in [3.8, 4) is 5.75 Å². The van der Waals surface area contributed by atoms with Crippen molar-refractivity contribution >= 4 is 23.3 Å². The van der Waals surface area contributed by atoms with Gasteiger partial charge < -0.3 is 10.1 Å². The number of anilines is 1. The fourth-order valence-electron chi connectivity index (χ4n) is 1.35. The van der Waals surface area contributed by atoms with E-state index in [1.807, 2.05) is 0 Å². The molecule has 0 unspecified atom stereocenters. The molecule has 1 heterocycles. The highest BCUT2D eigenvalue weighted by Crippen LogP contribution is 2.24. The summed E-state index contributed by atoms with van der Waals surface area (Å²) in [6, 6.07) is 8.84. The molecule has 0 aliphatic heterocycles. The molecule has 0 aliphatic rings. The molecule has 0 aliphatic carbocycles. The predicted octanol–water partition coefficient (Wildman–Crippen LogP) is 2.89. The molecule has 1 N–H and O–H groups in total. The van der Waals surface area contributed by atoms with Gasteiger partial charge in [0.1, 0.15) is 17.4 Å². The SMILES string of the molecule is O=C(COc1ccc(F)cc1Cl)Nc1ccccn1. The molecule has 0 bridgehead atoms. The number of hydrogen-bond donors (Lipinski definition) is 1. The van der Waals surface area contributed by atoms with Gasteiger partial charge in [0.2, 0.25) is 0 Å². The summed E-state index contributed by atoms with van der Waals surface area (Å²) in [6.07, 6.45) is 1.56. The number of nitrogens with zero attached hydrogens (tertiary/aromatic N) is 1. The highest BCUT2D eigenvalue weighted by Gasteiger charge is 2.07. The molecule has 0 saturated heterocycles. The van der Waals surface area contributed by atoms with Crippen LogP contribution in [0, 0.1) is 5.82 Å². The number of benzene rings is 1. The summed E-state index contributed by atoms with van der Waals surface area (Å²) in [7, 11) is 0. The molecule has 4 nitrogen and oxygen atoms in total. The smallest absolute Gasteiger partial charge is 0.263 e. The lowest BCUT2D eigenvalue weighted by Gasteiger charge is -2.08. The number of nitrogens with one attached hydrogen (secondary N) is 1. The summed E-state index contributed by atoms with van der Waals surface area (Å²) in [6.45, 7) is -0.234. The summed E-state index contributed by atoms with van der Waals surface area (Å²) >= 11 is 5.76. The molecule has 98 valence electrons. The van der Waals surface area contributed by atoms with Crippen LogP contribution in [0.25, 0.3) is 0 Å². The van der Waals surface area contributed by atoms with Gasteiger partial charge in [0.15, 0.2) is 6.61 Å². The van der Waals surface area contributed by atoms with E-state index in [9.17, 15) is 9.18 Å². The molecule has 1 amide bonds. The van der Waals surface area contributed by atoms with Gasteiger partial charge in [-0.2, -0.15) is 0 Å². The van der Waals surface area contributed by atoms with Gasteiger partial charge in [-0.15, -0.1) is 0 Å². The summed E-state index contributed by atoms with van der Waals surface area (Å²) < 4.78 is 18.0. The molecule has 0 radical (unpaired) electrons. The molecule has 2 aromatic rings. The van der Waals surface area contributed by atoms with E-state index in [0.717, 1.165) is 6.07 Å². The van der Waals surface area contributed by atoms with Crippen molar-refractivity contribution in [2.45, 2.75) is 0 Å². The summed E-state index contributed by atoms with van der Waals surface area (Å²) in [4.78, 5) is 15.5. The zero-order valence-corrected chi connectivity index (χ0v) is 10.5. The lowest BCUT2D eigenvalue weighted by molar-refractivity contribution is -0.118. The molecule has 0 saturated carbocycles. The van der Waals surface area contributed by atoms with Crippen molar-refractivity contribution in [1.82, 2.24) is 4.98 Å². The lowest BCUT2D eigenvalue weighted by atomic mass is 10.3. The Kier molecular flexibility index (Phi) is 4.30. The van der Waals surface area contributed by atoms with Gasteiger partial charge in [-0.1, -0.05) is 17.7 Å². The third-order valence-corrected chi connectivity index (χ3v) is 2.48. The van der Waals surface area contributed by atoms with Gasteiger partial charge in [0.05, 0.1) is 5.02 Å². The minimum Gasteiger partial charge on any atom is -0.482 e.